The van der Waals surface area contributed by atoms with Crippen molar-refractivity contribution in [3.63, 3.8) is 0 Å². The molecule has 29 heavy (non-hydrogen) atoms. The van der Waals surface area contributed by atoms with Gasteiger partial charge < -0.3 is 14.7 Å². The second-order valence-electron chi connectivity index (χ2n) is 8.05. The number of aromatic hydroxyl groups is 1. The topological polar surface area (TPSA) is 32.7 Å². The quantitative estimate of drug-likeness (QED) is 0.494. The third-order valence-corrected chi connectivity index (χ3v) is 7.23. The summed E-state index contributed by atoms with van der Waals surface area (Å²) < 4.78 is 19.0. The van der Waals surface area contributed by atoms with E-state index in [4.69, 9.17) is 4.74 Å². The van der Waals surface area contributed by atoms with Gasteiger partial charge in [-0.15, -0.1) is 11.8 Å². The van der Waals surface area contributed by atoms with Crippen LogP contribution in [0.1, 0.15) is 52.4 Å². The number of rotatable bonds is 8. The van der Waals surface area contributed by atoms with Crippen LogP contribution in [0.15, 0.2) is 41.3 Å². The number of anilines is 2. The normalized spacial score (nSPS) is 15.7. The van der Waals surface area contributed by atoms with Gasteiger partial charge in [-0.3, -0.25) is 0 Å². The number of thioether (sulfide) groups is 1. The molecule has 0 spiro atoms. The highest BCUT2D eigenvalue weighted by Crippen LogP contribution is 2.50. The van der Waals surface area contributed by atoms with Gasteiger partial charge in [-0.1, -0.05) is 39.5 Å². The summed E-state index contributed by atoms with van der Waals surface area (Å²) >= 11 is 1.82. The molecule has 0 bridgehead atoms. The molecule has 0 amide bonds. The van der Waals surface area contributed by atoms with Crippen LogP contribution in [0.25, 0.3) is 0 Å². The first-order chi connectivity index (χ1) is 14.0. The van der Waals surface area contributed by atoms with Crippen molar-refractivity contribution < 1.29 is 14.2 Å². The van der Waals surface area contributed by atoms with Gasteiger partial charge in [0.2, 0.25) is 0 Å². The van der Waals surface area contributed by atoms with Crippen molar-refractivity contribution in [2.75, 3.05) is 24.3 Å². The summed E-state index contributed by atoms with van der Waals surface area (Å²) in [6, 6.07) is 10.5. The molecular formula is C24H32FNO2S. The van der Waals surface area contributed by atoms with Crippen molar-refractivity contribution >= 4 is 23.1 Å². The maximum absolute atomic E-state index is 13.6. The van der Waals surface area contributed by atoms with Gasteiger partial charge in [0.05, 0.1) is 12.8 Å². The lowest BCUT2D eigenvalue weighted by atomic mass is 9.79. The molecule has 1 aliphatic rings. The lowest BCUT2D eigenvalue weighted by Crippen LogP contribution is -2.36. The number of methoxy groups -OCH3 is 1. The summed E-state index contributed by atoms with van der Waals surface area (Å²) in [7, 11) is 1.57. The fraction of sp³-hybridized carbons (Fsp3) is 0.500. The van der Waals surface area contributed by atoms with Gasteiger partial charge in [0.15, 0.2) is 11.5 Å². The number of halogens is 1. The van der Waals surface area contributed by atoms with Crippen LogP contribution >= 0.6 is 11.8 Å². The van der Waals surface area contributed by atoms with Crippen LogP contribution in [-0.2, 0) is 0 Å². The number of phenols is 1. The van der Waals surface area contributed by atoms with E-state index in [1.54, 1.807) is 7.11 Å². The smallest absolute Gasteiger partial charge is 0.162 e. The zero-order valence-corrected chi connectivity index (χ0v) is 18.5. The van der Waals surface area contributed by atoms with E-state index < -0.39 is 0 Å². The monoisotopic (exact) mass is 417 g/mol. The minimum Gasteiger partial charge on any atom is -0.504 e. The maximum atomic E-state index is 13.6. The van der Waals surface area contributed by atoms with Crippen molar-refractivity contribution in [3.05, 3.63) is 42.2 Å². The Morgan fingerprint density at radius 2 is 1.76 bits per heavy atom. The van der Waals surface area contributed by atoms with E-state index in [2.05, 4.69) is 18.7 Å². The van der Waals surface area contributed by atoms with Crippen LogP contribution in [0.2, 0.25) is 0 Å². The fourth-order valence-electron chi connectivity index (χ4n) is 4.11. The molecule has 1 heterocycles. The van der Waals surface area contributed by atoms with Crippen molar-refractivity contribution in [3.8, 4) is 11.5 Å². The minimum absolute atomic E-state index is 0.160. The number of unbranched alkanes of at least 4 members (excludes halogenated alkanes) is 2. The van der Waals surface area contributed by atoms with Crippen LogP contribution in [-0.4, -0.2) is 24.5 Å². The number of benzene rings is 2. The van der Waals surface area contributed by atoms with Gasteiger partial charge in [-0.25, -0.2) is 4.39 Å². The molecule has 0 aromatic heterocycles. The van der Waals surface area contributed by atoms with E-state index in [-0.39, 0.29) is 17.0 Å². The predicted octanol–water partition coefficient (Wildman–Crippen LogP) is 7.15. The van der Waals surface area contributed by atoms with Gasteiger partial charge in [-0.2, -0.15) is 0 Å². The molecule has 0 aliphatic carbocycles. The van der Waals surface area contributed by atoms with Crippen molar-refractivity contribution in [1.82, 2.24) is 0 Å². The third kappa shape index (κ3) is 5.00. The zero-order valence-electron chi connectivity index (χ0n) is 17.7. The Morgan fingerprint density at radius 1 is 1.10 bits per heavy atom. The highest BCUT2D eigenvalue weighted by molar-refractivity contribution is 7.99. The predicted molar refractivity (Wildman–Crippen MR) is 120 cm³/mol. The Morgan fingerprint density at radius 3 is 2.34 bits per heavy atom. The lowest BCUT2D eigenvalue weighted by molar-refractivity contribution is 0.274. The van der Waals surface area contributed by atoms with E-state index in [1.165, 1.54) is 50.7 Å². The Hall–Kier alpha value is -1.88. The van der Waals surface area contributed by atoms with E-state index in [0.717, 1.165) is 28.6 Å². The molecule has 0 radical (unpaired) electrons. The van der Waals surface area contributed by atoms with Gasteiger partial charge in [-0.05, 0) is 48.6 Å². The molecule has 3 nitrogen and oxygen atoms in total. The van der Waals surface area contributed by atoms with Gasteiger partial charge >= 0.3 is 0 Å². The summed E-state index contributed by atoms with van der Waals surface area (Å²) in [6.07, 6.45) is 7.10. The summed E-state index contributed by atoms with van der Waals surface area (Å²) in [4.78, 5) is 3.34. The average molecular weight is 418 g/mol. The van der Waals surface area contributed by atoms with Crippen molar-refractivity contribution in [1.29, 1.82) is 0 Å². The number of ether oxygens (including phenoxy) is 1. The van der Waals surface area contributed by atoms with Crippen molar-refractivity contribution in [2.24, 2.45) is 5.41 Å². The van der Waals surface area contributed by atoms with Crippen LogP contribution in [0.4, 0.5) is 15.8 Å². The van der Waals surface area contributed by atoms with Crippen LogP contribution in [0, 0.1) is 11.2 Å². The first kappa shape index (κ1) is 21.8. The number of fused-ring (bicyclic) bond motifs is 1. The summed E-state index contributed by atoms with van der Waals surface area (Å²) in [6.45, 7) is 5.37. The molecule has 1 N–H and O–H groups in total. The fourth-order valence-corrected chi connectivity index (χ4v) is 5.46. The standard InChI is InChI=1S/C24H32FNO2S/c1-4-6-12-24(13-7-5-2)16-26(19-10-8-18(25)9-11-19)20-14-22(28-3)21(27)15-23(20)29-17-24/h8-11,14-15,27H,4-7,12-13,16-17H2,1-3H3. The Labute approximate surface area is 178 Å². The largest absolute Gasteiger partial charge is 0.504 e. The average Bonchev–Trinajstić information content (AvgIpc) is 2.88. The van der Waals surface area contributed by atoms with Crippen molar-refractivity contribution in [2.45, 2.75) is 57.3 Å². The Bertz CT molecular complexity index is 801. The van der Waals surface area contributed by atoms with Crippen LogP contribution in [0.3, 0.4) is 0 Å². The number of hydrogen-bond donors (Lipinski definition) is 1. The highest BCUT2D eigenvalue weighted by atomic mass is 32.2. The Kier molecular flexibility index (Phi) is 7.33. The van der Waals surface area contributed by atoms with E-state index in [0.29, 0.717) is 5.75 Å². The second-order valence-corrected chi connectivity index (χ2v) is 9.07. The Balaban J connectivity index is 2.09. The van der Waals surface area contributed by atoms with Crippen LogP contribution < -0.4 is 9.64 Å². The molecule has 2 aromatic carbocycles. The second kappa shape index (κ2) is 9.75. The number of hydrogen-bond acceptors (Lipinski definition) is 4. The van der Waals surface area contributed by atoms with Crippen LogP contribution in [0.5, 0.6) is 11.5 Å². The molecule has 1 aliphatic heterocycles. The highest BCUT2D eigenvalue weighted by Gasteiger charge is 2.36. The van der Waals surface area contributed by atoms with Gasteiger partial charge in [0.25, 0.3) is 0 Å². The molecule has 3 rings (SSSR count). The summed E-state index contributed by atoms with van der Waals surface area (Å²) in [5.41, 5.74) is 2.17. The first-order valence-corrected chi connectivity index (χ1v) is 11.6. The molecule has 2 aromatic rings. The molecule has 0 fully saturated rings. The molecule has 0 atom stereocenters. The molecule has 5 heteroatoms. The third-order valence-electron chi connectivity index (χ3n) is 5.84. The lowest BCUT2D eigenvalue weighted by Gasteiger charge is -2.37. The number of nitrogens with zero attached hydrogens (tertiary/aromatic N) is 1. The zero-order chi connectivity index (χ0) is 20.9. The first-order valence-electron chi connectivity index (χ1n) is 10.6. The molecule has 158 valence electrons. The number of phenolic OH excluding ortho intramolecular Hbond substituents is 1. The maximum Gasteiger partial charge on any atom is 0.162 e. The van der Waals surface area contributed by atoms with Gasteiger partial charge in [0, 0.05) is 28.9 Å². The molecular weight excluding hydrogens is 385 g/mol. The van der Waals surface area contributed by atoms with E-state index >= 15 is 0 Å². The van der Waals surface area contributed by atoms with E-state index in [9.17, 15) is 9.50 Å². The van der Waals surface area contributed by atoms with E-state index in [1.807, 2.05) is 36.0 Å². The molecule has 0 saturated heterocycles. The molecule has 0 unspecified atom stereocenters. The minimum atomic E-state index is -0.232. The van der Waals surface area contributed by atoms with Gasteiger partial charge in [0.1, 0.15) is 5.82 Å². The summed E-state index contributed by atoms with van der Waals surface area (Å²) in [5, 5.41) is 10.4. The summed E-state index contributed by atoms with van der Waals surface area (Å²) in [5.74, 6) is 1.41. The SMILES string of the molecule is CCCCC1(CCCC)CSc2cc(O)c(OC)cc2N(c2ccc(F)cc2)C1. The molecule has 0 saturated carbocycles.